The number of primary amides is 1. The van der Waals surface area contributed by atoms with Gasteiger partial charge in [0.05, 0.1) is 0 Å². The van der Waals surface area contributed by atoms with Crippen LogP contribution >= 0.6 is 0 Å². The van der Waals surface area contributed by atoms with Gasteiger partial charge in [0.1, 0.15) is 5.60 Å². The highest BCUT2D eigenvalue weighted by atomic mass is 16.3. The lowest BCUT2D eigenvalue weighted by atomic mass is 9.89. The fourth-order valence-corrected chi connectivity index (χ4v) is 4.53. The number of hydrogen-bond donors (Lipinski definition) is 2. The number of hydrogen-bond acceptors (Lipinski definition) is 2. The third-order valence-electron chi connectivity index (χ3n) is 6.85. The smallest absolute Gasteiger partial charge is 0.249 e. The van der Waals surface area contributed by atoms with Crippen LogP contribution in [0, 0.1) is 0 Å². The number of amides is 1. The molecule has 0 aliphatic carbocycles. The van der Waals surface area contributed by atoms with Gasteiger partial charge in [-0.15, -0.1) is 0 Å². The first-order chi connectivity index (χ1) is 15.1. The maximum atomic E-state index is 11.8. The number of rotatable bonds is 25. The van der Waals surface area contributed by atoms with E-state index in [1.165, 1.54) is 116 Å². The predicted octanol–water partition coefficient (Wildman–Crippen LogP) is 8.61. The third-order valence-corrected chi connectivity index (χ3v) is 6.85. The molecule has 1 atom stereocenters. The minimum atomic E-state index is -1.28. The van der Waals surface area contributed by atoms with Gasteiger partial charge in [0, 0.05) is 0 Å². The molecule has 3 nitrogen and oxygen atoms in total. The van der Waals surface area contributed by atoms with E-state index in [2.05, 4.69) is 13.8 Å². The molecule has 0 spiro atoms. The summed E-state index contributed by atoms with van der Waals surface area (Å²) in [6.07, 6.45) is 29.1. The third kappa shape index (κ3) is 19.8. The molecule has 1 amide bonds. The van der Waals surface area contributed by atoms with Crippen molar-refractivity contribution >= 4 is 5.91 Å². The number of carbonyl (C=O) groups excluding carboxylic acids is 1. The maximum Gasteiger partial charge on any atom is 0.249 e. The van der Waals surface area contributed by atoms with Crippen molar-refractivity contribution in [3.05, 3.63) is 0 Å². The molecule has 0 rings (SSSR count). The Bertz CT molecular complexity index is 385. The molecule has 0 aromatic carbocycles. The minimum Gasteiger partial charge on any atom is -0.380 e. The molecule has 186 valence electrons. The van der Waals surface area contributed by atoms with E-state index in [1.54, 1.807) is 0 Å². The average Bonchev–Trinajstić information content (AvgIpc) is 2.75. The van der Waals surface area contributed by atoms with Crippen LogP contribution < -0.4 is 5.73 Å². The Hall–Kier alpha value is -0.570. The molecular weight excluding hydrogens is 382 g/mol. The number of nitrogens with two attached hydrogens (primary N) is 1. The van der Waals surface area contributed by atoms with Gasteiger partial charge in [0.15, 0.2) is 0 Å². The van der Waals surface area contributed by atoms with E-state index in [4.69, 9.17) is 5.73 Å². The lowest BCUT2D eigenvalue weighted by Gasteiger charge is -2.24. The van der Waals surface area contributed by atoms with Gasteiger partial charge in [-0.2, -0.15) is 0 Å². The molecule has 3 heteroatoms. The SMILES string of the molecule is CCCCCCCCCCCCCCC(O)(CCCCCCCCCCCC)C(N)=O. The van der Waals surface area contributed by atoms with E-state index in [-0.39, 0.29) is 0 Å². The molecule has 0 aromatic rings. The van der Waals surface area contributed by atoms with Crippen LogP contribution in [-0.2, 0) is 4.79 Å². The summed E-state index contributed by atoms with van der Waals surface area (Å²) in [5.74, 6) is -0.522. The summed E-state index contributed by atoms with van der Waals surface area (Å²) in [4.78, 5) is 11.8. The van der Waals surface area contributed by atoms with Crippen LogP contribution in [0.5, 0.6) is 0 Å². The Morgan fingerprint density at radius 3 is 0.968 bits per heavy atom. The zero-order valence-electron chi connectivity index (χ0n) is 21.4. The van der Waals surface area contributed by atoms with Crippen molar-refractivity contribution in [2.24, 2.45) is 5.73 Å². The Labute approximate surface area is 195 Å². The summed E-state index contributed by atoms with van der Waals surface area (Å²) < 4.78 is 0. The summed E-state index contributed by atoms with van der Waals surface area (Å²) in [7, 11) is 0. The lowest BCUT2D eigenvalue weighted by molar-refractivity contribution is -0.138. The molecule has 31 heavy (non-hydrogen) atoms. The van der Waals surface area contributed by atoms with Crippen LogP contribution in [0.4, 0.5) is 0 Å². The summed E-state index contributed by atoms with van der Waals surface area (Å²) in [5.41, 5.74) is 4.26. The Morgan fingerprint density at radius 2 is 0.742 bits per heavy atom. The second-order valence-corrected chi connectivity index (χ2v) is 9.97. The van der Waals surface area contributed by atoms with E-state index in [0.717, 1.165) is 25.7 Å². The Balaban J connectivity index is 3.62. The fourth-order valence-electron chi connectivity index (χ4n) is 4.53. The van der Waals surface area contributed by atoms with Gasteiger partial charge in [0.25, 0.3) is 0 Å². The molecule has 0 saturated heterocycles. The predicted molar refractivity (Wildman–Crippen MR) is 136 cm³/mol. The van der Waals surface area contributed by atoms with Crippen LogP contribution in [0.15, 0.2) is 0 Å². The largest absolute Gasteiger partial charge is 0.380 e. The van der Waals surface area contributed by atoms with Crippen LogP contribution in [0.3, 0.4) is 0 Å². The summed E-state index contributed by atoms with van der Waals surface area (Å²) >= 11 is 0. The van der Waals surface area contributed by atoms with Crippen molar-refractivity contribution < 1.29 is 9.90 Å². The van der Waals surface area contributed by atoms with Crippen molar-refractivity contribution in [3.8, 4) is 0 Å². The van der Waals surface area contributed by atoms with Crippen LogP contribution in [0.2, 0.25) is 0 Å². The Kier molecular flexibility index (Phi) is 22.2. The standard InChI is InChI=1S/C28H57NO2/c1-3-5-7-9-11-13-15-16-18-20-22-24-26-28(31,27(29)30)25-23-21-19-17-14-12-10-8-6-4-2/h31H,3-26H2,1-2H3,(H2,29,30). The van der Waals surface area contributed by atoms with Crippen molar-refractivity contribution in [2.75, 3.05) is 0 Å². The molecule has 0 aliphatic heterocycles. The average molecular weight is 440 g/mol. The van der Waals surface area contributed by atoms with Crippen LogP contribution in [-0.4, -0.2) is 16.6 Å². The highest BCUT2D eigenvalue weighted by molar-refractivity contribution is 5.83. The van der Waals surface area contributed by atoms with E-state index < -0.39 is 11.5 Å². The molecule has 3 N–H and O–H groups in total. The fraction of sp³-hybridized carbons (Fsp3) is 0.964. The quantitative estimate of drug-likeness (QED) is 0.140. The zero-order valence-corrected chi connectivity index (χ0v) is 21.4. The highest BCUT2D eigenvalue weighted by Crippen LogP contribution is 2.23. The molecule has 0 saturated carbocycles. The number of carbonyl (C=O) groups is 1. The van der Waals surface area contributed by atoms with Gasteiger partial charge >= 0.3 is 0 Å². The van der Waals surface area contributed by atoms with Crippen molar-refractivity contribution in [3.63, 3.8) is 0 Å². The van der Waals surface area contributed by atoms with Gasteiger partial charge in [-0.05, 0) is 12.8 Å². The number of aliphatic hydroxyl groups is 1. The van der Waals surface area contributed by atoms with E-state index in [9.17, 15) is 9.90 Å². The minimum absolute atomic E-state index is 0.522. The van der Waals surface area contributed by atoms with E-state index >= 15 is 0 Å². The molecule has 1 unspecified atom stereocenters. The highest BCUT2D eigenvalue weighted by Gasteiger charge is 2.32. The molecular formula is C28H57NO2. The van der Waals surface area contributed by atoms with Gasteiger partial charge in [-0.3, -0.25) is 4.79 Å². The van der Waals surface area contributed by atoms with Crippen molar-refractivity contribution in [1.29, 1.82) is 0 Å². The second kappa shape index (κ2) is 22.6. The van der Waals surface area contributed by atoms with Gasteiger partial charge < -0.3 is 10.8 Å². The summed E-state index contributed by atoms with van der Waals surface area (Å²) in [6, 6.07) is 0. The van der Waals surface area contributed by atoms with E-state index in [0.29, 0.717) is 12.8 Å². The molecule has 0 fully saturated rings. The second-order valence-electron chi connectivity index (χ2n) is 9.97. The van der Waals surface area contributed by atoms with Gasteiger partial charge in [-0.1, -0.05) is 155 Å². The van der Waals surface area contributed by atoms with Crippen LogP contribution in [0.25, 0.3) is 0 Å². The van der Waals surface area contributed by atoms with Gasteiger partial charge in [-0.25, -0.2) is 0 Å². The van der Waals surface area contributed by atoms with Gasteiger partial charge in [0.2, 0.25) is 5.91 Å². The first kappa shape index (κ1) is 30.4. The Morgan fingerprint density at radius 1 is 0.516 bits per heavy atom. The van der Waals surface area contributed by atoms with Crippen molar-refractivity contribution in [2.45, 2.75) is 174 Å². The number of unbranched alkanes of at least 4 members (excludes halogenated alkanes) is 20. The lowest BCUT2D eigenvalue weighted by Crippen LogP contribution is -2.43. The topological polar surface area (TPSA) is 63.3 Å². The maximum absolute atomic E-state index is 11.8. The monoisotopic (exact) mass is 439 g/mol. The summed E-state index contributed by atoms with van der Waals surface area (Å²) in [6.45, 7) is 4.52. The molecule has 0 radical (unpaired) electrons. The first-order valence-corrected chi connectivity index (χ1v) is 14.1. The summed E-state index contributed by atoms with van der Waals surface area (Å²) in [5, 5.41) is 10.7. The van der Waals surface area contributed by atoms with Crippen LogP contribution in [0.1, 0.15) is 168 Å². The molecule has 0 heterocycles. The first-order valence-electron chi connectivity index (χ1n) is 14.1. The normalized spacial score (nSPS) is 13.4. The van der Waals surface area contributed by atoms with E-state index in [1.807, 2.05) is 0 Å². The molecule has 0 aromatic heterocycles. The molecule has 0 aliphatic rings. The zero-order chi connectivity index (χ0) is 23.0. The molecule has 0 bridgehead atoms. The van der Waals surface area contributed by atoms with Crippen molar-refractivity contribution in [1.82, 2.24) is 0 Å².